The Morgan fingerprint density at radius 1 is 1.35 bits per heavy atom. The van der Waals surface area contributed by atoms with Gasteiger partial charge in [0.1, 0.15) is 11.4 Å². The van der Waals surface area contributed by atoms with E-state index in [2.05, 4.69) is 4.90 Å². The zero-order valence-corrected chi connectivity index (χ0v) is 10.2. The van der Waals surface area contributed by atoms with Gasteiger partial charge in [-0.1, -0.05) is 18.2 Å². The largest absolute Gasteiger partial charge is 0.496 e. The predicted octanol–water partition coefficient (Wildman–Crippen LogP) is 1.75. The molecule has 2 atom stereocenters. The first-order chi connectivity index (χ1) is 8.25. The molecule has 0 radical (unpaired) electrons. The van der Waals surface area contributed by atoms with E-state index in [1.807, 2.05) is 24.3 Å². The fourth-order valence-electron chi connectivity index (χ4n) is 3.43. The number of methoxy groups -OCH3 is 1. The van der Waals surface area contributed by atoms with Crippen LogP contribution in [0.5, 0.6) is 5.75 Å². The minimum atomic E-state index is -0.719. The Hall–Kier alpha value is -1.06. The lowest BCUT2D eigenvalue weighted by Gasteiger charge is -2.31. The van der Waals surface area contributed by atoms with Gasteiger partial charge in [0, 0.05) is 18.2 Å². The maximum atomic E-state index is 11.0. The number of para-hydroxylation sites is 1. The lowest BCUT2D eigenvalue weighted by atomic mass is 9.85. The Labute approximate surface area is 102 Å². The van der Waals surface area contributed by atoms with Crippen LogP contribution in [0.4, 0.5) is 0 Å². The molecule has 1 N–H and O–H groups in total. The Bertz CT molecular complexity index is 420. The average molecular weight is 233 g/mol. The summed E-state index contributed by atoms with van der Waals surface area (Å²) in [7, 11) is 1.67. The molecule has 2 fully saturated rings. The molecule has 3 nitrogen and oxygen atoms in total. The maximum Gasteiger partial charge on any atom is 0.125 e. The van der Waals surface area contributed by atoms with Crippen molar-refractivity contribution in [3.8, 4) is 5.75 Å². The summed E-state index contributed by atoms with van der Waals surface area (Å²) in [5.41, 5.74) is 0.236. The minimum Gasteiger partial charge on any atom is -0.496 e. The number of benzene rings is 1. The first-order valence-electron chi connectivity index (χ1n) is 6.35. The highest BCUT2D eigenvalue weighted by Gasteiger charge is 2.50. The number of rotatable bonds is 2. The molecule has 2 saturated heterocycles. The Kier molecular flexibility index (Phi) is 2.60. The number of hydrogen-bond donors (Lipinski definition) is 1. The topological polar surface area (TPSA) is 32.7 Å². The average Bonchev–Trinajstić information content (AvgIpc) is 2.94. The lowest BCUT2D eigenvalue weighted by molar-refractivity contribution is 0.00737. The number of ether oxygens (including phenoxy) is 1. The molecular weight excluding hydrogens is 214 g/mol. The number of hydrogen-bond acceptors (Lipinski definition) is 3. The van der Waals surface area contributed by atoms with E-state index in [4.69, 9.17) is 4.74 Å². The summed E-state index contributed by atoms with van der Waals surface area (Å²) in [5, 5.41) is 11.0. The highest BCUT2D eigenvalue weighted by molar-refractivity contribution is 5.40. The second kappa shape index (κ2) is 4.00. The molecule has 92 valence electrons. The molecule has 2 aliphatic heterocycles. The van der Waals surface area contributed by atoms with Crippen LogP contribution in [0.3, 0.4) is 0 Å². The first-order valence-corrected chi connectivity index (χ1v) is 6.35. The second-order valence-electron chi connectivity index (χ2n) is 5.07. The summed E-state index contributed by atoms with van der Waals surface area (Å²) >= 11 is 0. The van der Waals surface area contributed by atoms with Crippen LogP contribution in [0.15, 0.2) is 24.3 Å². The van der Waals surface area contributed by atoms with Crippen molar-refractivity contribution in [2.45, 2.75) is 30.9 Å². The molecule has 0 aromatic heterocycles. The van der Waals surface area contributed by atoms with Crippen LogP contribution in [0.1, 0.15) is 24.8 Å². The predicted molar refractivity (Wildman–Crippen MR) is 66.1 cm³/mol. The fourth-order valence-corrected chi connectivity index (χ4v) is 3.43. The lowest BCUT2D eigenvalue weighted by Crippen LogP contribution is -2.38. The highest BCUT2D eigenvalue weighted by Crippen LogP contribution is 2.45. The fraction of sp³-hybridized carbons (Fsp3) is 0.571. The smallest absolute Gasteiger partial charge is 0.125 e. The molecule has 0 spiro atoms. The molecule has 2 unspecified atom stereocenters. The van der Waals surface area contributed by atoms with Gasteiger partial charge in [-0.05, 0) is 31.9 Å². The van der Waals surface area contributed by atoms with Gasteiger partial charge < -0.3 is 9.84 Å². The molecule has 0 amide bonds. The minimum absolute atomic E-state index is 0.277. The monoisotopic (exact) mass is 233 g/mol. The van der Waals surface area contributed by atoms with Crippen molar-refractivity contribution in [2.24, 2.45) is 0 Å². The molecule has 0 saturated carbocycles. The van der Waals surface area contributed by atoms with Gasteiger partial charge in [-0.2, -0.15) is 0 Å². The molecule has 0 bridgehead atoms. The van der Waals surface area contributed by atoms with Crippen LogP contribution < -0.4 is 4.74 Å². The summed E-state index contributed by atoms with van der Waals surface area (Å²) in [6, 6.07) is 8.14. The van der Waals surface area contributed by atoms with Gasteiger partial charge >= 0.3 is 0 Å². The van der Waals surface area contributed by atoms with Crippen molar-refractivity contribution in [1.82, 2.24) is 4.90 Å². The number of aliphatic hydroxyl groups is 1. The van der Waals surface area contributed by atoms with Crippen LogP contribution in [-0.2, 0) is 5.60 Å². The van der Waals surface area contributed by atoms with Gasteiger partial charge in [-0.25, -0.2) is 0 Å². The van der Waals surface area contributed by atoms with Crippen molar-refractivity contribution in [3.05, 3.63) is 29.8 Å². The summed E-state index contributed by atoms with van der Waals surface area (Å²) in [6.07, 6.45) is 3.11. The molecule has 17 heavy (non-hydrogen) atoms. The first kappa shape index (κ1) is 11.1. The Balaban J connectivity index is 2.02. The van der Waals surface area contributed by atoms with E-state index in [0.29, 0.717) is 0 Å². The number of fused-ring (bicyclic) bond motifs is 1. The third kappa shape index (κ3) is 1.57. The Morgan fingerprint density at radius 3 is 3.00 bits per heavy atom. The number of nitrogens with zero attached hydrogens (tertiary/aromatic N) is 1. The van der Waals surface area contributed by atoms with Gasteiger partial charge in [-0.3, -0.25) is 4.90 Å². The molecule has 2 heterocycles. The van der Waals surface area contributed by atoms with E-state index >= 15 is 0 Å². The molecular formula is C14H19NO2. The van der Waals surface area contributed by atoms with Gasteiger partial charge in [0.25, 0.3) is 0 Å². The van der Waals surface area contributed by atoms with Crippen molar-refractivity contribution in [3.63, 3.8) is 0 Å². The van der Waals surface area contributed by atoms with E-state index in [1.54, 1.807) is 7.11 Å². The van der Waals surface area contributed by atoms with Crippen LogP contribution in [-0.4, -0.2) is 36.2 Å². The van der Waals surface area contributed by atoms with E-state index in [9.17, 15) is 5.11 Å². The van der Waals surface area contributed by atoms with Gasteiger partial charge in [0.15, 0.2) is 0 Å². The second-order valence-corrected chi connectivity index (χ2v) is 5.07. The molecule has 1 aromatic rings. The third-order valence-electron chi connectivity index (χ3n) is 4.27. The standard InChI is InChI=1S/C14H19NO2/c1-17-12-6-3-2-5-11(12)14(16)8-10-15-9-4-7-13(14)15/h2-3,5-6,13,16H,4,7-10H2,1H3. The van der Waals surface area contributed by atoms with E-state index in [0.717, 1.165) is 37.2 Å². The highest BCUT2D eigenvalue weighted by atomic mass is 16.5. The zero-order chi connectivity index (χ0) is 11.9. The molecule has 3 heteroatoms. The van der Waals surface area contributed by atoms with E-state index < -0.39 is 5.60 Å². The van der Waals surface area contributed by atoms with Crippen LogP contribution in [0, 0.1) is 0 Å². The van der Waals surface area contributed by atoms with Gasteiger partial charge in [0.05, 0.1) is 7.11 Å². The van der Waals surface area contributed by atoms with Crippen molar-refractivity contribution in [2.75, 3.05) is 20.2 Å². The zero-order valence-electron chi connectivity index (χ0n) is 10.2. The van der Waals surface area contributed by atoms with Crippen molar-refractivity contribution < 1.29 is 9.84 Å². The summed E-state index contributed by atoms with van der Waals surface area (Å²) in [4.78, 5) is 2.41. The SMILES string of the molecule is COc1ccccc1C1(O)CCN2CCCC21. The van der Waals surface area contributed by atoms with Gasteiger partial charge in [0.2, 0.25) is 0 Å². The van der Waals surface area contributed by atoms with Crippen molar-refractivity contribution >= 4 is 0 Å². The third-order valence-corrected chi connectivity index (χ3v) is 4.27. The quantitative estimate of drug-likeness (QED) is 0.844. The van der Waals surface area contributed by atoms with E-state index in [1.165, 1.54) is 6.42 Å². The van der Waals surface area contributed by atoms with Crippen LogP contribution >= 0.6 is 0 Å². The summed E-state index contributed by atoms with van der Waals surface area (Å²) in [5.74, 6) is 0.809. The Morgan fingerprint density at radius 2 is 2.18 bits per heavy atom. The van der Waals surface area contributed by atoms with Crippen LogP contribution in [0.2, 0.25) is 0 Å². The van der Waals surface area contributed by atoms with Gasteiger partial charge in [-0.15, -0.1) is 0 Å². The normalized spacial score (nSPS) is 32.7. The molecule has 3 rings (SSSR count). The van der Waals surface area contributed by atoms with Crippen LogP contribution in [0.25, 0.3) is 0 Å². The molecule has 0 aliphatic carbocycles. The maximum absolute atomic E-state index is 11.0. The summed E-state index contributed by atoms with van der Waals surface area (Å²) < 4.78 is 5.39. The van der Waals surface area contributed by atoms with Crippen molar-refractivity contribution in [1.29, 1.82) is 0 Å². The summed E-state index contributed by atoms with van der Waals surface area (Å²) in [6.45, 7) is 2.13. The molecule has 1 aromatic carbocycles. The van der Waals surface area contributed by atoms with E-state index in [-0.39, 0.29) is 6.04 Å². The molecule has 2 aliphatic rings.